The smallest absolute Gasteiger partial charge is 0.239 e. The van der Waals surface area contributed by atoms with Crippen LogP contribution in [0.25, 0.3) is 0 Å². The molecule has 0 atom stereocenters. The van der Waals surface area contributed by atoms with Gasteiger partial charge in [-0.3, -0.25) is 4.79 Å². The first-order valence-electron chi connectivity index (χ1n) is 5.57. The zero-order chi connectivity index (χ0) is 13.5. The number of carbonyl (C=O) groups is 1. The van der Waals surface area contributed by atoms with Gasteiger partial charge in [0.15, 0.2) is 0 Å². The monoisotopic (exact) mass is 283 g/mol. The Morgan fingerprint density at radius 2 is 2.22 bits per heavy atom. The van der Waals surface area contributed by atoms with E-state index in [0.717, 1.165) is 16.1 Å². The number of benzene rings is 1. The van der Waals surface area contributed by atoms with Gasteiger partial charge in [0.05, 0.1) is 6.54 Å². The normalized spacial score (nSPS) is 9.89. The molecule has 0 saturated carbocycles. The van der Waals surface area contributed by atoms with Crippen molar-refractivity contribution < 1.29 is 4.79 Å². The Balaban J connectivity index is 2.88. The van der Waals surface area contributed by atoms with E-state index in [1.54, 1.807) is 11.8 Å². The van der Waals surface area contributed by atoms with Crippen molar-refractivity contribution in [3.63, 3.8) is 0 Å². The fourth-order valence-electron chi connectivity index (χ4n) is 1.54. The number of hydrogen-bond donors (Lipinski definition) is 3. The van der Waals surface area contributed by atoms with Crippen molar-refractivity contribution in [3.05, 3.63) is 23.8 Å². The van der Waals surface area contributed by atoms with Crippen molar-refractivity contribution in [1.82, 2.24) is 5.32 Å². The van der Waals surface area contributed by atoms with Crippen molar-refractivity contribution in [2.45, 2.75) is 11.8 Å². The summed E-state index contributed by atoms with van der Waals surface area (Å²) in [5.41, 5.74) is 7.32. The van der Waals surface area contributed by atoms with Crippen LogP contribution in [-0.4, -0.2) is 30.2 Å². The molecule has 6 heteroatoms. The van der Waals surface area contributed by atoms with Crippen molar-refractivity contribution >= 4 is 40.6 Å². The molecule has 0 aliphatic heterocycles. The second-order valence-corrected chi connectivity index (χ2v) is 4.84. The molecule has 0 unspecified atom stereocenters. The molecule has 4 N–H and O–H groups in total. The van der Waals surface area contributed by atoms with E-state index in [1.165, 1.54) is 0 Å². The molecule has 0 aromatic heterocycles. The Labute approximate surface area is 117 Å². The number of nitrogens with one attached hydrogen (secondary N) is 2. The van der Waals surface area contributed by atoms with Gasteiger partial charge in [-0.15, -0.1) is 11.8 Å². The number of hydrogen-bond acceptors (Lipinski definition) is 4. The number of amides is 1. The summed E-state index contributed by atoms with van der Waals surface area (Å²) in [7, 11) is 0. The third-order valence-electron chi connectivity index (χ3n) is 2.31. The van der Waals surface area contributed by atoms with E-state index in [2.05, 4.69) is 10.6 Å². The molecular weight excluding hydrogens is 266 g/mol. The van der Waals surface area contributed by atoms with Crippen LogP contribution in [0.3, 0.4) is 0 Å². The Bertz CT molecular complexity index is 449. The van der Waals surface area contributed by atoms with Crippen molar-refractivity contribution in [1.29, 1.82) is 0 Å². The second kappa shape index (κ2) is 7.23. The Hall–Kier alpha value is -1.27. The maximum absolute atomic E-state index is 11.4. The van der Waals surface area contributed by atoms with Crippen LogP contribution in [0.4, 0.5) is 5.69 Å². The maximum atomic E-state index is 11.4. The van der Waals surface area contributed by atoms with Crippen molar-refractivity contribution in [3.8, 4) is 0 Å². The number of rotatable bonds is 6. The Kier molecular flexibility index (Phi) is 5.94. The molecule has 98 valence electrons. The molecule has 0 aliphatic carbocycles. The Morgan fingerprint density at radius 1 is 1.50 bits per heavy atom. The third-order valence-corrected chi connectivity index (χ3v) is 3.29. The molecule has 1 aromatic carbocycles. The van der Waals surface area contributed by atoms with Gasteiger partial charge < -0.3 is 16.4 Å². The minimum atomic E-state index is -0.0547. The molecule has 0 spiro atoms. The molecule has 0 bridgehead atoms. The summed E-state index contributed by atoms with van der Waals surface area (Å²) in [6.07, 6.45) is 1.96. The summed E-state index contributed by atoms with van der Waals surface area (Å²) in [5.74, 6) is -0.0547. The van der Waals surface area contributed by atoms with Crippen LogP contribution in [0.1, 0.15) is 12.5 Å². The zero-order valence-electron chi connectivity index (χ0n) is 10.4. The first-order valence-corrected chi connectivity index (χ1v) is 7.20. The van der Waals surface area contributed by atoms with Crippen LogP contribution in [0, 0.1) is 0 Å². The van der Waals surface area contributed by atoms with E-state index in [9.17, 15) is 4.79 Å². The molecule has 0 saturated heterocycles. The summed E-state index contributed by atoms with van der Waals surface area (Å²) in [5, 5.41) is 5.78. The molecule has 0 heterocycles. The molecule has 18 heavy (non-hydrogen) atoms. The summed E-state index contributed by atoms with van der Waals surface area (Å²) < 4.78 is 0. The van der Waals surface area contributed by atoms with Crippen LogP contribution >= 0.6 is 24.0 Å². The SMILES string of the molecule is CCNC(=O)CNc1cccc(SC)c1C(N)=S. The average Bonchev–Trinajstić information content (AvgIpc) is 2.35. The van der Waals surface area contributed by atoms with Gasteiger partial charge in [0.25, 0.3) is 0 Å². The Morgan fingerprint density at radius 3 is 2.78 bits per heavy atom. The second-order valence-electron chi connectivity index (χ2n) is 3.55. The molecule has 1 amide bonds. The molecule has 1 rings (SSSR count). The molecule has 1 aromatic rings. The van der Waals surface area contributed by atoms with Gasteiger partial charge in [-0.05, 0) is 25.3 Å². The van der Waals surface area contributed by atoms with Gasteiger partial charge in [0.2, 0.25) is 5.91 Å². The van der Waals surface area contributed by atoms with Gasteiger partial charge in [-0.1, -0.05) is 18.3 Å². The topological polar surface area (TPSA) is 67.2 Å². The maximum Gasteiger partial charge on any atom is 0.239 e. The van der Waals surface area contributed by atoms with E-state index < -0.39 is 0 Å². The van der Waals surface area contributed by atoms with Crippen LogP contribution in [0.15, 0.2) is 23.1 Å². The number of likely N-dealkylation sites (N-methyl/N-ethyl adjacent to an activating group) is 1. The van der Waals surface area contributed by atoms with Crippen LogP contribution in [-0.2, 0) is 4.79 Å². The lowest BCUT2D eigenvalue weighted by molar-refractivity contribution is -0.119. The lowest BCUT2D eigenvalue weighted by Gasteiger charge is -2.14. The highest BCUT2D eigenvalue weighted by atomic mass is 32.2. The van der Waals surface area contributed by atoms with Crippen LogP contribution in [0.5, 0.6) is 0 Å². The number of anilines is 1. The third kappa shape index (κ3) is 3.89. The number of thioether (sulfide) groups is 1. The molecule has 4 nitrogen and oxygen atoms in total. The number of thiocarbonyl (C=S) groups is 1. The first-order chi connectivity index (χ1) is 8.60. The zero-order valence-corrected chi connectivity index (χ0v) is 12.1. The lowest BCUT2D eigenvalue weighted by Crippen LogP contribution is -2.30. The van der Waals surface area contributed by atoms with E-state index in [0.29, 0.717) is 11.5 Å². The number of nitrogens with two attached hydrogens (primary N) is 1. The van der Waals surface area contributed by atoms with Crippen molar-refractivity contribution in [2.24, 2.45) is 5.73 Å². The van der Waals surface area contributed by atoms with E-state index >= 15 is 0 Å². The average molecular weight is 283 g/mol. The van der Waals surface area contributed by atoms with Gasteiger partial charge in [-0.25, -0.2) is 0 Å². The van der Waals surface area contributed by atoms with E-state index in [-0.39, 0.29) is 12.5 Å². The molecular formula is C12H17N3OS2. The predicted molar refractivity (Wildman–Crippen MR) is 81.3 cm³/mol. The summed E-state index contributed by atoms with van der Waals surface area (Å²) in [4.78, 5) is 12.7. The fraction of sp³-hybridized carbons (Fsp3) is 0.333. The molecule has 0 fully saturated rings. The summed E-state index contributed by atoms with van der Waals surface area (Å²) in [6, 6.07) is 5.73. The highest BCUT2D eigenvalue weighted by Gasteiger charge is 2.11. The van der Waals surface area contributed by atoms with Gasteiger partial charge >= 0.3 is 0 Å². The minimum absolute atomic E-state index is 0.0547. The summed E-state index contributed by atoms with van der Waals surface area (Å²) >= 11 is 6.63. The summed E-state index contributed by atoms with van der Waals surface area (Å²) in [6.45, 7) is 2.71. The van der Waals surface area contributed by atoms with Crippen LogP contribution in [0.2, 0.25) is 0 Å². The van der Waals surface area contributed by atoms with Gasteiger partial charge in [-0.2, -0.15) is 0 Å². The molecule has 0 aliphatic rings. The standard InChI is InChI=1S/C12H17N3OS2/c1-3-14-10(16)7-15-8-5-4-6-9(18-2)11(8)12(13)17/h4-6,15H,3,7H2,1-2H3,(H2,13,17)(H,14,16). The van der Waals surface area contributed by atoms with E-state index in [4.69, 9.17) is 18.0 Å². The van der Waals surface area contributed by atoms with E-state index in [1.807, 2.05) is 31.4 Å². The number of carbonyl (C=O) groups excluding carboxylic acids is 1. The minimum Gasteiger partial charge on any atom is -0.389 e. The fourth-order valence-corrected chi connectivity index (χ4v) is 2.46. The predicted octanol–water partition coefficient (Wildman–Crippen LogP) is 1.59. The van der Waals surface area contributed by atoms with Crippen molar-refractivity contribution in [2.75, 3.05) is 24.7 Å². The highest BCUT2D eigenvalue weighted by molar-refractivity contribution is 7.98. The largest absolute Gasteiger partial charge is 0.389 e. The highest BCUT2D eigenvalue weighted by Crippen LogP contribution is 2.26. The van der Waals surface area contributed by atoms with Gasteiger partial charge in [0, 0.05) is 22.7 Å². The first kappa shape index (κ1) is 14.8. The van der Waals surface area contributed by atoms with Crippen LogP contribution < -0.4 is 16.4 Å². The quantitative estimate of drug-likeness (QED) is 0.546. The molecule has 0 radical (unpaired) electrons. The van der Waals surface area contributed by atoms with Gasteiger partial charge in [0.1, 0.15) is 4.99 Å². The lowest BCUT2D eigenvalue weighted by atomic mass is 10.1.